The highest BCUT2D eigenvalue weighted by Gasteiger charge is 2.32. The summed E-state index contributed by atoms with van der Waals surface area (Å²) in [7, 11) is 0. The van der Waals surface area contributed by atoms with Crippen molar-refractivity contribution in [3.05, 3.63) is 63.2 Å². The van der Waals surface area contributed by atoms with Crippen molar-refractivity contribution in [1.29, 1.82) is 0 Å². The summed E-state index contributed by atoms with van der Waals surface area (Å²) in [5.41, 5.74) is 0.578. The Morgan fingerprint density at radius 3 is 2.20 bits per heavy atom. The van der Waals surface area contributed by atoms with E-state index in [2.05, 4.69) is 27.3 Å². The average molecular weight is 394 g/mol. The predicted molar refractivity (Wildman–Crippen MR) is 76.3 cm³/mol. The van der Waals surface area contributed by atoms with Crippen molar-refractivity contribution in [3.8, 4) is 5.75 Å². The van der Waals surface area contributed by atoms with E-state index in [1.165, 1.54) is 18.2 Å². The zero-order chi connectivity index (χ0) is 14.8. The minimum absolute atomic E-state index is 0.0750. The van der Waals surface area contributed by atoms with Crippen LogP contribution in [0.3, 0.4) is 0 Å². The van der Waals surface area contributed by atoms with Gasteiger partial charge in [0.2, 0.25) is 0 Å². The molecule has 0 aromatic heterocycles. The number of benzene rings is 2. The van der Waals surface area contributed by atoms with Gasteiger partial charge in [-0.15, -0.1) is 13.2 Å². The van der Waals surface area contributed by atoms with Crippen molar-refractivity contribution in [2.45, 2.75) is 12.5 Å². The first-order valence-electron chi connectivity index (χ1n) is 5.65. The largest absolute Gasteiger partial charge is 0.573 e. The lowest BCUT2D eigenvalue weighted by molar-refractivity contribution is -0.275. The molecule has 0 fully saturated rings. The molecular weight excluding hydrogens is 384 g/mol. The van der Waals surface area contributed by atoms with Gasteiger partial charge < -0.3 is 9.84 Å². The molecule has 0 aliphatic rings. The molecule has 1 atom stereocenters. The second-order valence-electron chi connectivity index (χ2n) is 4.04. The first-order chi connectivity index (χ1) is 9.37. The summed E-state index contributed by atoms with van der Waals surface area (Å²) in [6.45, 7) is 0. The zero-order valence-electron chi connectivity index (χ0n) is 10.1. The topological polar surface area (TPSA) is 29.5 Å². The second-order valence-corrected chi connectivity index (χ2v) is 5.29. The van der Waals surface area contributed by atoms with Crippen LogP contribution in [0.1, 0.15) is 17.2 Å². The molecular formula is C14H10F3IO2. The smallest absolute Gasteiger partial charge is 0.405 e. The van der Waals surface area contributed by atoms with E-state index in [1.807, 2.05) is 0 Å². The van der Waals surface area contributed by atoms with Gasteiger partial charge in [-0.2, -0.15) is 0 Å². The van der Waals surface area contributed by atoms with Gasteiger partial charge in [-0.3, -0.25) is 0 Å². The fourth-order valence-electron chi connectivity index (χ4n) is 1.75. The van der Waals surface area contributed by atoms with Gasteiger partial charge in [0.05, 0.1) is 0 Å². The SMILES string of the molecule is OC(c1ccc(I)cc1)c1ccccc1OC(F)(F)F. The lowest BCUT2D eigenvalue weighted by atomic mass is 10.0. The molecule has 1 unspecified atom stereocenters. The lowest BCUT2D eigenvalue weighted by Crippen LogP contribution is -2.18. The van der Waals surface area contributed by atoms with Gasteiger partial charge in [0.25, 0.3) is 0 Å². The van der Waals surface area contributed by atoms with Crippen molar-refractivity contribution in [1.82, 2.24) is 0 Å². The van der Waals surface area contributed by atoms with Crippen molar-refractivity contribution in [3.63, 3.8) is 0 Å². The maximum Gasteiger partial charge on any atom is 0.573 e. The van der Waals surface area contributed by atoms with Crippen LogP contribution in [0.4, 0.5) is 13.2 Å². The standard InChI is InChI=1S/C14H10F3IO2/c15-14(16,17)20-12-4-2-1-3-11(12)13(19)9-5-7-10(18)8-6-9/h1-8,13,19H. The average Bonchev–Trinajstić information content (AvgIpc) is 2.37. The maximum absolute atomic E-state index is 12.3. The molecule has 2 rings (SSSR count). The van der Waals surface area contributed by atoms with E-state index in [-0.39, 0.29) is 5.56 Å². The molecule has 0 heterocycles. The zero-order valence-corrected chi connectivity index (χ0v) is 12.2. The molecule has 1 N–H and O–H groups in total. The Balaban J connectivity index is 2.34. The first kappa shape index (κ1) is 15.1. The van der Waals surface area contributed by atoms with Crippen molar-refractivity contribution in [2.75, 3.05) is 0 Å². The fourth-order valence-corrected chi connectivity index (χ4v) is 2.11. The number of ether oxygens (including phenoxy) is 1. The summed E-state index contributed by atoms with van der Waals surface area (Å²) >= 11 is 2.10. The summed E-state index contributed by atoms with van der Waals surface area (Å²) in [6.07, 6.45) is -5.97. The van der Waals surface area contributed by atoms with E-state index in [9.17, 15) is 18.3 Å². The third-order valence-electron chi connectivity index (χ3n) is 2.63. The molecule has 6 heteroatoms. The lowest BCUT2D eigenvalue weighted by Gasteiger charge is -2.17. The molecule has 0 aliphatic heterocycles. The predicted octanol–water partition coefficient (Wildman–Crippen LogP) is 4.27. The van der Waals surface area contributed by atoms with E-state index in [0.717, 1.165) is 3.57 Å². The molecule has 0 radical (unpaired) electrons. The van der Waals surface area contributed by atoms with Crippen LogP contribution >= 0.6 is 22.6 Å². The molecule has 0 saturated carbocycles. The number of hydrogen-bond donors (Lipinski definition) is 1. The number of aliphatic hydroxyl groups excluding tert-OH is 1. The number of para-hydroxylation sites is 1. The van der Waals surface area contributed by atoms with Gasteiger partial charge in [0, 0.05) is 9.13 Å². The summed E-state index contributed by atoms with van der Waals surface area (Å²) < 4.78 is 41.9. The van der Waals surface area contributed by atoms with Crippen molar-refractivity contribution < 1.29 is 23.0 Å². The van der Waals surface area contributed by atoms with Crippen LogP contribution in [-0.2, 0) is 0 Å². The minimum Gasteiger partial charge on any atom is -0.405 e. The van der Waals surface area contributed by atoms with E-state index in [1.54, 1.807) is 30.3 Å². The molecule has 0 bridgehead atoms. The highest BCUT2D eigenvalue weighted by molar-refractivity contribution is 14.1. The molecule has 2 nitrogen and oxygen atoms in total. The molecule has 0 amide bonds. The van der Waals surface area contributed by atoms with Crippen LogP contribution < -0.4 is 4.74 Å². The Labute approximate surface area is 127 Å². The maximum atomic E-state index is 12.3. The van der Waals surface area contributed by atoms with Gasteiger partial charge in [0.1, 0.15) is 11.9 Å². The van der Waals surface area contributed by atoms with E-state index >= 15 is 0 Å². The van der Waals surface area contributed by atoms with Crippen LogP contribution in [0, 0.1) is 3.57 Å². The molecule has 0 saturated heterocycles. The molecule has 20 heavy (non-hydrogen) atoms. The Kier molecular flexibility index (Phi) is 4.54. The Morgan fingerprint density at radius 1 is 1.00 bits per heavy atom. The number of aliphatic hydroxyl groups is 1. The van der Waals surface area contributed by atoms with Gasteiger partial charge in [-0.1, -0.05) is 30.3 Å². The van der Waals surface area contributed by atoms with Crippen LogP contribution in [0.15, 0.2) is 48.5 Å². The molecule has 2 aromatic carbocycles. The normalized spacial score (nSPS) is 13.1. The molecule has 0 aliphatic carbocycles. The number of rotatable bonds is 3. The summed E-state index contributed by atoms with van der Waals surface area (Å²) in [5, 5.41) is 10.2. The summed E-state index contributed by atoms with van der Waals surface area (Å²) in [4.78, 5) is 0. The van der Waals surface area contributed by atoms with E-state index in [0.29, 0.717) is 5.56 Å². The Morgan fingerprint density at radius 2 is 1.60 bits per heavy atom. The third kappa shape index (κ3) is 3.86. The molecule has 0 spiro atoms. The van der Waals surface area contributed by atoms with Gasteiger partial charge in [-0.25, -0.2) is 0 Å². The molecule has 106 valence electrons. The molecule has 2 aromatic rings. The van der Waals surface area contributed by atoms with Gasteiger partial charge >= 0.3 is 6.36 Å². The van der Waals surface area contributed by atoms with Crippen molar-refractivity contribution >= 4 is 22.6 Å². The van der Waals surface area contributed by atoms with Gasteiger partial charge in [0.15, 0.2) is 0 Å². The Hall–Kier alpha value is -1.28. The minimum atomic E-state index is -4.79. The quantitative estimate of drug-likeness (QED) is 0.789. The fraction of sp³-hybridized carbons (Fsp3) is 0.143. The van der Waals surface area contributed by atoms with E-state index < -0.39 is 18.2 Å². The highest BCUT2D eigenvalue weighted by atomic mass is 127. The van der Waals surface area contributed by atoms with E-state index in [4.69, 9.17) is 0 Å². The van der Waals surface area contributed by atoms with Crippen LogP contribution in [0.25, 0.3) is 0 Å². The van der Waals surface area contributed by atoms with Crippen molar-refractivity contribution in [2.24, 2.45) is 0 Å². The first-order valence-corrected chi connectivity index (χ1v) is 6.73. The highest BCUT2D eigenvalue weighted by Crippen LogP contribution is 2.33. The number of alkyl halides is 3. The number of halogens is 4. The second kappa shape index (κ2) is 6.01. The van der Waals surface area contributed by atoms with Crippen LogP contribution in [0.5, 0.6) is 5.75 Å². The van der Waals surface area contributed by atoms with Crippen LogP contribution in [-0.4, -0.2) is 11.5 Å². The summed E-state index contributed by atoms with van der Waals surface area (Å²) in [6, 6.07) is 12.4. The third-order valence-corrected chi connectivity index (χ3v) is 3.34. The number of hydrogen-bond acceptors (Lipinski definition) is 2. The monoisotopic (exact) mass is 394 g/mol. The summed E-state index contributed by atoms with van der Waals surface area (Å²) in [5.74, 6) is -0.397. The van der Waals surface area contributed by atoms with Crippen LogP contribution in [0.2, 0.25) is 0 Å². The Bertz CT molecular complexity index is 582. The van der Waals surface area contributed by atoms with Gasteiger partial charge in [-0.05, 0) is 46.4 Å².